The van der Waals surface area contributed by atoms with Gasteiger partial charge in [-0.25, -0.2) is 4.98 Å². The van der Waals surface area contributed by atoms with Gasteiger partial charge in [0.1, 0.15) is 5.82 Å². The van der Waals surface area contributed by atoms with Crippen molar-refractivity contribution in [1.29, 1.82) is 0 Å². The first kappa shape index (κ1) is 13.9. The van der Waals surface area contributed by atoms with Gasteiger partial charge in [0.2, 0.25) is 0 Å². The van der Waals surface area contributed by atoms with E-state index in [4.69, 9.17) is 5.73 Å². The Bertz CT molecular complexity index is 542. The average Bonchev–Trinajstić information content (AvgIpc) is 2.69. The number of rotatable bonds is 6. The highest BCUT2D eigenvalue weighted by molar-refractivity contribution is 5.79. The Morgan fingerprint density at radius 2 is 2.00 bits per heavy atom. The molecule has 1 aromatic carbocycles. The van der Waals surface area contributed by atoms with Crippen LogP contribution in [0.4, 0.5) is 5.69 Å². The Kier molecular flexibility index (Phi) is 4.46. The van der Waals surface area contributed by atoms with Crippen molar-refractivity contribution >= 4 is 16.7 Å². The third-order valence-electron chi connectivity index (χ3n) is 3.77. The minimum Gasteiger partial charge on any atom is -0.399 e. The lowest BCUT2D eigenvalue weighted by molar-refractivity contribution is 0.419. The van der Waals surface area contributed by atoms with E-state index >= 15 is 0 Å². The zero-order valence-corrected chi connectivity index (χ0v) is 12.3. The van der Waals surface area contributed by atoms with E-state index in [1.165, 1.54) is 37.6 Å². The number of benzene rings is 1. The van der Waals surface area contributed by atoms with Gasteiger partial charge in [-0.3, -0.25) is 0 Å². The van der Waals surface area contributed by atoms with Crippen LogP contribution in [0.3, 0.4) is 0 Å². The van der Waals surface area contributed by atoms with Gasteiger partial charge in [-0.2, -0.15) is 0 Å². The molecule has 19 heavy (non-hydrogen) atoms. The van der Waals surface area contributed by atoms with Gasteiger partial charge < -0.3 is 10.3 Å². The highest BCUT2D eigenvalue weighted by Gasteiger charge is 2.16. The fourth-order valence-electron chi connectivity index (χ4n) is 2.87. The fraction of sp³-hybridized carbons (Fsp3) is 0.562. The fourth-order valence-corrected chi connectivity index (χ4v) is 2.87. The van der Waals surface area contributed by atoms with Crippen molar-refractivity contribution in [2.75, 3.05) is 5.73 Å². The molecule has 0 amide bonds. The first-order chi connectivity index (χ1) is 9.17. The highest BCUT2D eigenvalue weighted by Crippen LogP contribution is 2.28. The minimum atomic E-state index is 0.568. The maximum Gasteiger partial charge on any atom is 0.106 e. The lowest BCUT2D eigenvalue weighted by atomic mass is 10.0. The molecule has 2 rings (SSSR count). The summed E-state index contributed by atoms with van der Waals surface area (Å²) >= 11 is 0. The third kappa shape index (κ3) is 2.91. The van der Waals surface area contributed by atoms with Crippen molar-refractivity contribution in [3.05, 3.63) is 24.0 Å². The summed E-state index contributed by atoms with van der Waals surface area (Å²) in [5.74, 6) is 1.11. The van der Waals surface area contributed by atoms with Gasteiger partial charge in [0.25, 0.3) is 0 Å². The zero-order chi connectivity index (χ0) is 13.8. The molecule has 0 fully saturated rings. The lowest BCUT2D eigenvalue weighted by Crippen LogP contribution is -2.10. The molecule has 3 nitrogen and oxygen atoms in total. The van der Waals surface area contributed by atoms with Crippen LogP contribution in [0, 0.1) is 6.92 Å². The van der Waals surface area contributed by atoms with Crippen molar-refractivity contribution < 1.29 is 0 Å². The molecular formula is C16H25N3. The van der Waals surface area contributed by atoms with Gasteiger partial charge in [-0.15, -0.1) is 0 Å². The van der Waals surface area contributed by atoms with E-state index < -0.39 is 0 Å². The molecule has 104 valence electrons. The third-order valence-corrected chi connectivity index (χ3v) is 3.77. The number of aryl methyl sites for hydroxylation is 1. The second-order valence-corrected chi connectivity index (χ2v) is 5.36. The van der Waals surface area contributed by atoms with E-state index in [0.29, 0.717) is 6.04 Å². The van der Waals surface area contributed by atoms with E-state index in [0.717, 1.165) is 17.0 Å². The quantitative estimate of drug-likeness (QED) is 0.778. The van der Waals surface area contributed by atoms with E-state index in [1.807, 2.05) is 12.1 Å². The van der Waals surface area contributed by atoms with Crippen LogP contribution in [0.1, 0.15) is 57.8 Å². The number of fused-ring (bicyclic) bond motifs is 1. The average molecular weight is 259 g/mol. The standard InChI is InChI=1S/C16H25N3/c1-4-6-8-14(7-5-2)19-12(3)18-15-11-13(17)9-10-16(15)19/h9-11,14H,4-8,17H2,1-3H3. The Morgan fingerprint density at radius 1 is 1.21 bits per heavy atom. The summed E-state index contributed by atoms with van der Waals surface area (Å²) in [4.78, 5) is 4.67. The number of nitrogens with zero attached hydrogens (tertiary/aromatic N) is 2. The van der Waals surface area contributed by atoms with Gasteiger partial charge in [-0.1, -0.05) is 33.1 Å². The Balaban J connectivity index is 2.42. The van der Waals surface area contributed by atoms with E-state index in [2.05, 4.69) is 36.4 Å². The molecule has 0 radical (unpaired) electrons. The minimum absolute atomic E-state index is 0.568. The number of unbranched alkanes of at least 4 members (excludes halogenated alkanes) is 1. The summed E-state index contributed by atoms with van der Waals surface area (Å²) < 4.78 is 2.41. The summed E-state index contributed by atoms with van der Waals surface area (Å²) in [6.45, 7) is 6.61. The molecule has 0 saturated heterocycles. The van der Waals surface area contributed by atoms with E-state index in [-0.39, 0.29) is 0 Å². The molecule has 2 N–H and O–H groups in total. The molecule has 0 aliphatic rings. The predicted octanol–water partition coefficient (Wildman–Crippen LogP) is 4.46. The van der Waals surface area contributed by atoms with Gasteiger partial charge in [0, 0.05) is 11.7 Å². The second-order valence-electron chi connectivity index (χ2n) is 5.36. The van der Waals surface area contributed by atoms with E-state index in [1.54, 1.807) is 0 Å². The van der Waals surface area contributed by atoms with Gasteiger partial charge in [-0.05, 0) is 38.0 Å². The summed E-state index contributed by atoms with van der Waals surface area (Å²) in [5.41, 5.74) is 8.89. The van der Waals surface area contributed by atoms with Crippen LogP contribution < -0.4 is 5.73 Å². The first-order valence-corrected chi connectivity index (χ1v) is 7.41. The molecule has 1 heterocycles. The normalized spacial score (nSPS) is 13.0. The lowest BCUT2D eigenvalue weighted by Gasteiger charge is -2.20. The Labute approximate surface area is 115 Å². The molecule has 0 aliphatic heterocycles. The second kappa shape index (κ2) is 6.09. The van der Waals surface area contributed by atoms with Gasteiger partial charge in [0.15, 0.2) is 0 Å². The summed E-state index contributed by atoms with van der Waals surface area (Å²) in [5, 5.41) is 0. The van der Waals surface area contributed by atoms with Crippen molar-refractivity contribution in [2.45, 2.75) is 58.9 Å². The number of nitrogen functional groups attached to an aromatic ring is 1. The van der Waals surface area contributed by atoms with Crippen LogP contribution in [-0.4, -0.2) is 9.55 Å². The summed E-state index contributed by atoms with van der Waals surface area (Å²) in [6.07, 6.45) is 6.19. The number of hydrogen-bond donors (Lipinski definition) is 1. The van der Waals surface area contributed by atoms with Crippen molar-refractivity contribution in [1.82, 2.24) is 9.55 Å². The molecule has 0 aliphatic carbocycles. The Morgan fingerprint density at radius 3 is 2.68 bits per heavy atom. The maximum absolute atomic E-state index is 5.85. The summed E-state index contributed by atoms with van der Waals surface area (Å²) in [6, 6.07) is 6.63. The van der Waals surface area contributed by atoms with Gasteiger partial charge >= 0.3 is 0 Å². The summed E-state index contributed by atoms with van der Waals surface area (Å²) in [7, 11) is 0. The molecule has 1 aromatic heterocycles. The largest absolute Gasteiger partial charge is 0.399 e. The van der Waals surface area contributed by atoms with Crippen LogP contribution in [0.25, 0.3) is 11.0 Å². The van der Waals surface area contributed by atoms with Crippen molar-refractivity contribution in [3.63, 3.8) is 0 Å². The molecule has 1 unspecified atom stereocenters. The van der Waals surface area contributed by atoms with Crippen LogP contribution >= 0.6 is 0 Å². The zero-order valence-electron chi connectivity index (χ0n) is 12.3. The molecular weight excluding hydrogens is 234 g/mol. The molecule has 0 saturated carbocycles. The first-order valence-electron chi connectivity index (χ1n) is 7.41. The van der Waals surface area contributed by atoms with Crippen LogP contribution in [0.15, 0.2) is 18.2 Å². The maximum atomic E-state index is 5.85. The smallest absolute Gasteiger partial charge is 0.106 e. The highest BCUT2D eigenvalue weighted by atomic mass is 15.1. The molecule has 3 heteroatoms. The van der Waals surface area contributed by atoms with Gasteiger partial charge in [0.05, 0.1) is 11.0 Å². The van der Waals surface area contributed by atoms with Crippen LogP contribution in [0.2, 0.25) is 0 Å². The Hall–Kier alpha value is -1.51. The monoisotopic (exact) mass is 259 g/mol. The number of hydrogen-bond acceptors (Lipinski definition) is 2. The number of nitrogens with two attached hydrogens (primary N) is 1. The molecule has 0 bridgehead atoms. The van der Waals surface area contributed by atoms with E-state index in [9.17, 15) is 0 Å². The SMILES string of the molecule is CCCCC(CCC)n1c(C)nc2cc(N)ccc21. The molecule has 0 spiro atoms. The van der Waals surface area contributed by atoms with Crippen LogP contribution in [-0.2, 0) is 0 Å². The number of aromatic nitrogens is 2. The molecule has 1 atom stereocenters. The molecule has 2 aromatic rings. The van der Waals surface area contributed by atoms with Crippen LogP contribution in [0.5, 0.6) is 0 Å². The number of imidazole rings is 1. The topological polar surface area (TPSA) is 43.8 Å². The predicted molar refractivity (Wildman–Crippen MR) is 82.4 cm³/mol. The van der Waals surface area contributed by atoms with Crippen molar-refractivity contribution in [2.24, 2.45) is 0 Å². The van der Waals surface area contributed by atoms with Crippen molar-refractivity contribution in [3.8, 4) is 0 Å². The number of anilines is 1.